The number of sulfonamides is 1. The van der Waals surface area contributed by atoms with E-state index in [0.717, 1.165) is 0 Å². The number of carbonyl (C=O) groups excluding carboxylic acids is 1. The van der Waals surface area contributed by atoms with Crippen LogP contribution in [0.3, 0.4) is 0 Å². The molecule has 130 valence electrons. The average Bonchev–Trinajstić information content (AvgIpc) is 2.87. The first-order chi connectivity index (χ1) is 11.8. The van der Waals surface area contributed by atoms with Crippen molar-refractivity contribution < 1.29 is 23.1 Å². The molecule has 1 aliphatic rings. The highest BCUT2D eigenvalue weighted by molar-refractivity contribution is 7.89. The summed E-state index contributed by atoms with van der Waals surface area (Å²) in [6, 6.07) is 9.16. The minimum Gasteiger partial charge on any atom is -0.478 e. The molecule has 0 aliphatic carbocycles. The van der Waals surface area contributed by atoms with Crippen molar-refractivity contribution in [3.05, 3.63) is 53.6 Å². The van der Waals surface area contributed by atoms with Crippen molar-refractivity contribution in [2.75, 3.05) is 10.7 Å². The normalized spacial score (nSPS) is 16.2. The second-order valence-electron chi connectivity index (χ2n) is 5.37. The summed E-state index contributed by atoms with van der Waals surface area (Å²) in [7, 11) is -3.78. The maximum absolute atomic E-state index is 12.1. The predicted octanol–water partition coefficient (Wildman–Crippen LogP) is 0.642. The first-order valence-corrected chi connectivity index (χ1v) is 8.63. The van der Waals surface area contributed by atoms with Crippen molar-refractivity contribution in [1.82, 2.24) is 5.43 Å². The summed E-state index contributed by atoms with van der Waals surface area (Å²) in [4.78, 5) is 23.1. The van der Waals surface area contributed by atoms with Crippen molar-refractivity contribution in [3.63, 3.8) is 0 Å². The summed E-state index contributed by atoms with van der Waals surface area (Å²) in [6.45, 7) is 0. The Bertz CT molecular complexity index is 956. The zero-order valence-corrected chi connectivity index (χ0v) is 13.5. The van der Waals surface area contributed by atoms with Crippen molar-refractivity contribution in [2.24, 2.45) is 5.14 Å². The zero-order valence-electron chi connectivity index (χ0n) is 12.7. The van der Waals surface area contributed by atoms with E-state index < -0.39 is 22.0 Å². The summed E-state index contributed by atoms with van der Waals surface area (Å²) in [5.74, 6) is -1.43. The van der Waals surface area contributed by atoms with E-state index in [-0.39, 0.29) is 16.4 Å². The van der Waals surface area contributed by atoms with Crippen LogP contribution < -0.4 is 21.3 Å². The third-order valence-electron chi connectivity index (χ3n) is 3.67. The molecule has 2 aromatic carbocycles. The highest BCUT2D eigenvalue weighted by atomic mass is 32.2. The molecule has 0 saturated heterocycles. The lowest BCUT2D eigenvalue weighted by atomic mass is 10.1. The summed E-state index contributed by atoms with van der Waals surface area (Å²) < 4.78 is 22.4. The smallest absolute Gasteiger partial charge is 0.335 e. The maximum Gasteiger partial charge on any atom is 0.335 e. The number of nitrogens with two attached hydrogens (primary N) is 1. The number of hydrogen-bond donors (Lipinski definition) is 5. The van der Waals surface area contributed by atoms with Gasteiger partial charge in [0.1, 0.15) is 6.04 Å². The van der Waals surface area contributed by atoms with Gasteiger partial charge in [0, 0.05) is 16.9 Å². The molecule has 0 bridgehead atoms. The van der Waals surface area contributed by atoms with E-state index in [1.165, 1.54) is 42.5 Å². The van der Waals surface area contributed by atoms with Crippen LogP contribution in [0.15, 0.2) is 47.4 Å². The Morgan fingerprint density at radius 2 is 1.84 bits per heavy atom. The molecule has 1 unspecified atom stereocenters. The Morgan fingerprint density at radius 3 is 2.44 bits per heavy atom. The van der Waals surface area contributed by atoms with Gasteiger partial charge in [-0.05, 0) is 42.5 Å². The Hall–Kier alpha value is -2.95. The van der Waals surface area contributed by atoms with Crippen molar-refractivity contribution in [3.8, 4) is 0 Å². The quantitative estimate of drug-likeness (QED) is 0.490. The first kappa shape index (κ1) is 16.9. The highest BCUT2D eigenvalue weighted by Gasteiger charge is 2.31. The van der Waals surface area contributed by atoms with Gasteiger partial charge in [-0.15, -0.1) is 0 Å². The summed E-state index contributed by atoms with van der Waals surface area (Å²) >= 11 is 0. The Kier molecular flexibility index (Phi) is 4.17. The van der Waals surface area contributed by atoms with Gasteiger partial charge in [0.25, 0.3) is 0 Å². The average molecular weight is 362 g/mol. The van der Waals surface area contributed by atoms with Crippen LogP contribution >= 0.6 is 0 Å². The van der Waals surface area contributed by atoms with Crippen molar-refractivity contribution in [1.29, 1.82) is 0 Å². The number of amides is 1. The fourth-order valence-corrected chi connectivity index (χ4v) is 2.94. The van der Waals surface area contributed by atoms with Gasteiger partial charge in [-0.1, -0.05) is 0 Å². The molecule has 25 heavy (non-hydrogen) atoms. The van der Waals surface area contributed by atoms with Crippen LogP contribution in [0.2, 0.25) is 0 Å². The number of aromatic carboxylic acids is 1. The summed E-state index contributed by atoms with van der Waals surface area (Å²) in [5.41, 5.74) is 7.18. The minimum absolute atomic E-state index is 0.0342. The maximum atomic E-state index is 12.1. The van der Waals surface area contributed by atoms with Crippen molar-refractivity contribution >= 4 is 33.3 Å². The number of carbonyl (C=O) groups is 2. The number of anilines is 2. The van der Waals surface area contributed by atoms with Crippen LogP contribution in [0.5, 0.6) is 0 Å². The largest absolute Gasteiger partial charge is 0.478 e. The molecule has 1 aliphatic heterocycles. The number of hydrogen-bond acceptors (Lipinski definition) is 6. The van der Waals surface area contributed by atoms with Crippen LogP contribution in [0.1, 0.15) is 22.0 Å². The molecule has 0 aromatic heterocycles. The second-order valence-corrected chi connectivity index (χ2v) is 6.93. The molecule has 1 atom stereocenters. The standard InChI is InChI=1S/C15H14N4O5S/c16-25(23,24)10-4-2-9(3-5-10)18-19-13-11-7-8(15(21)22)1-6-12(11)17-14(13)20/h1-7,13,18-19H,(H,17,20)(H,21,22)(H2,16,23,24). The van der Waals surface area contributed by atoms with Crippen molar-refractivity contribution in [2.45, 2.75) is 10.9 Å². The van der Waals surface area contributed by atoms with E-state index in [1.807, 2.05) is 0 Å². The Labute approximate surface area is 142 Å². The number of benzene rings is 2. The van der Waals surface area contributed by atoms with E-state index in [9.17, 15) is 18.0 Å². The lowest BCUT2D eigenvalue weighted by Gasteiger charge is -2.14. The van der Waals surface area contributed by atoms with Crippen LogP contribution in [0.25, 0.3) is 0 Å². The Balaban J connectivity index is 1.77. The fraction of sp³-hybridized carbons (Fsp3) is 0.0667. The lowest BCUT2D eigenvalue weighted by molar-refractivity contribution is -0.117. The van der Waals surface area contributed by atoms with Crippen LogP contribution in [0, 0.1) is 0 Å². The summed E-state index contributed by atoms with van der Waals surface area (Å²) in [6.07, 6.45) is 0. The van der Waals surface area contributed by atoms with E-state index in [1.54, 1.807) is 0 Å². The Morgan fingerprint density at radius 1 is 1.16 bits per heavy atom. The van der Waals surface area contributed by atoms with Gasteiger partial charge in [0.2, 0.25) is 15.9 Å². The van der Waals surface area contributed by atoms with E-state index in [2.05, 4.69) is 16.2 Å². The van der Waals surface area contributed by atoms with E-state index >= 15 is 0 Å². The molecular formula is C15H14N4O5S. The number of rotatable bonds is 5. The SMILES string of the molecule is NS(=O)(=O)c1ccc(NNC2C(=O)Nc3ccc(C(=O)O)cc32)cc1. The molecule has 3 rings (SSSR count). The number of carboxylic acid groups (broad SMARTS) is 1. The molecule has 6 N–H and O–H groups in total. The molecule has 0 radical (unpaired) electrons. The van der Waals surface area contributed by atoms with Gasteiger partial charge >= 0.3 is 5.97 Å². The molecule has 1 amide bonds. The van der Waals surface area contributed by atoms with Crippen LogP contribution in [-0.2, 0) is 14.8 Å². The second kappa shape index (κ2) is 6.16. The molecule has 0 saturated carbocycles. The molecule has 10 heteroatoms. The third kappa shape index (κ3) is 3.45. The number of primary sulfonamides is 1. The number of fused-ring (bicyclic) bond motifs is 1. The predicted molar refractivity (Wildman–Crippen MR) is 89.3 cm³/mol. The highest BCUT2D eigenvalue weighted by Crippen LogP contribution is 2.31. The van der Waals surface area contributed by atoms with Gasteiger partial charge in [-0.2, -0.15) is 0 Å². The van der Waals surface area contributed by atoms with Crippen LogP contribution in [0.4, 0.5) is 11.4 Å². The number of hydrazine groups is 1. The third-order valence-corrected chi connectivity index (χ3v) is 4.60. The van der Waals surface area contributed by atoms with Crippen LogP contribution in [-0.4, -0.2) is 25.4 Å². The monoisotopic (exact) mass is 362 g/mol. The van der Waals surface area contributed by atoms with E-state index in [0.29, 0.717) is 16.9 Å². The first-order valence-electron chi connectivity index (χ1n) is 7.08. The minimum atomic E-state index is -3.78. The molecular weight excluding hydrogens is 348 g/mol. The van der Waals surface area contributed by atoms with Gasteiger partial charge in [0.15, 0.2) is 0 Å². The molecule has 2 aromatic rings. The van der Waals surface area contributed by atoms with Gasteiger partial charge < -0.3 is 15.8 Å². The van der Waals surface area contributed by atoms with Gasteiger partial charge in [-0.25, -0.2) is 23.8 Å². The number of nitrogens with one attached hydrogen (secondary N) is 3. The molecule has 0 spiro atoms. The molecule has 0 fully saturated rings. The topological polar surface area (TPSA) is 151 Å². The summed E-state index contributed by atoms with van der Waals surface area (Å²) in [5, 5.41) is 16.7. The van der Waals surface area contributed by atoms with Gasteiger partial charge in [-0.3, -0.25) is 4.79 Å². The van der Waals surface area contributed by atoms with Gasteiger partial charge in [0.05, 0.1) is 10.5 Å². The molecule has 9 nitrogen and oxygen atoms in total. The number of carboxylic acids is 1. The van der Waals surface area contributed by atoms with E-state index in [4.69, 9.17) is 10.2 Å². The molecule has 1 heterocycles. The zero-order chi connectivity index (χ0) is 18.2. The lowest BCUT2D eigenvalue weighted by Crippen LogP contribution is -2.32. The fourth-order valence-electron chi connectivity index (χ4n) is 2.42.